The Hall–Kier alpha value is -0.650. The van der Waals surface area contributed by atoms with E-state index in [1.165, 1.54) is 0 Å². The largest absolute Gasteiger partial charge is 0.392 e. The van der Waals surface area contributed by atoms with E-state index < -0.39 is 0 Å². The number of nitrogens with zero attached hydrogens (tertiary/aromatic N) is 1. The monoisotopic (exact) mass is 241 g/mol. The molecule has 2 rings (SSSR count). The minimum atomic E-state index is -0.371. The lowest BCUT2D eigenvalue weighted by atomic mass is 10.0. The summed E-state index contributed by atoms with van der Waals surface area (Å²) < 4.78 is 0. The summed E-state index contributed by atoms with van der Waals surface area (Å²) in [5.41, 5.74) is 0. The Labute approximate surface area is 103 Å². The fourth-order valence-electron chi connectivity index (χ4n) is 2.68. The van der Waals surface area contributed by atoms with Crippen molar-refractivity contribution in [2.45, 2.75) is 44.4 Å². The normalized spacial score (nSPS) is 34.8. The van der Waals surface area contributed by atoms with Gasteiger partial charge in [0.05, 0.1) is 12.1 Å². The molecule has 2 aliphatic rings. The summed E-state index contributed by atoms with van der Waals surface area (Å²) in [5.74, 6) is 0.0458. The molecule has 2 aliphatic heterocycles. The summed E-state index contributed by atoms with van der Waals surface area (Å²) in [6.45, 7) is 5.83. The fraction of sp³-hybridized carbons (Fsp3) is 0.917. The summed E-state index contributed by atoms with van der Waals surface area (Å²) in [5, 5.41) is 15.5. The molecule has 2 fully saturated rings. The average Bonchev–Trinajstić information content (AvgIpc) is 2.76. The van der Waals surface area contributed by atoms with Crippen LogP contribution in [0.3, 0.4) is 0 Å². The van der Waals surface area contributed by atoms with Gasteiger partial charge in [-0.05, 0) is 32.4 Å². The molecule has 5 heteroatoms. The Balaban J connectivity index is 1.78. The molecule has 0 bridgehead atoms. The first-order valence-electron chi connectivity index (χ1n) is 6.63. The molecule has 0 radical (unpaired) electrons. The lowest BCUT2D eigenvalue weighted by molar-refractivity contribution is -0.124. The summed E-state index contributed by atoms with van der Waals surface area (Å²) in [4.78, 5) is 14.3. The molecular weight excluding hydrogens is 218 g/mol. The number of aliphatic hydroxyl groups excluding tert-OH is 1. The zero-order valence-corrected chi connectivity index (χ0v) is 10.5. The third kappa shape index (κ3) is 3.40. The van der Waals surface area contributed by atoms with E-state index in [9.17, 15) is 9.90 Å². The lowest BCUT2D eigenvalue weighted by Crippen LogP contribution is -2.51. The second-order valence-corrected chi connectivity index (χ2v) is 5.09. The maximum absolute atomic E-state index is 12.0. The highest BCUT2D eigenvalue weighted by atomic mass is 16.3. The summed E-state index contributed by atoms with van der Waals surface area (Å²) >= 11 is 0. The number of amides is 1. The average molecular weight is 241 g/mol. The number of hydrogen-bond donors (Lipinski definition) is 3. The molecule has 0 aliphatic carbocycles. The number of likely N-dealkylation sites (tertiary alicyclic amines) is 1. The van der Waals surface area contributed by atoms with Crippen molar-refractivity contribution in [2.75, 3.05) is 26.2 Å². The molecule has 0 aromatic carbocycles. The molecule has 17 heavy (non-hydrogen) atoms. The van der Waals surface area contributed by atoms with Crippen molar-refractivity contribution >= 4 is 5.91 Å². The van der Waals surface area contributed by atoms with Gasteiger partial charge < -0.3 is 20.6 Å². The summed E-state index contributed by atoms with van der Waals surface area (Å²) in [6.07, 6.45) is 2.39. The van der Waals surface area contributed by atoms with Crippen LogP contribution in [0.15, 0.2) is 0 Å². The minimum absolute atomic E-state index is 0.0458. The highest BCUT2D eigenvalue weighted by Crippen LogP contribution is 2.11. The van der Waals surface area contributed by atoms with Gasteiger partial charge in [0.25, 0.3) is 0 Å². The van der Waals surface area contributed by atoms with E-state index in [4.69, 9.17) is 0 Å². The number of rotatable bonds is 3. The van der Waals surface area contributed by atoms with Crippen LogP contribution in [0.2, 0.25) is 0 Å². The zero-order valence-electron chi connectivity index (χ0n) is 10.5. The molecule has 1 amide bonds. The van der Waals surface area contributed by atoms with Crippen molar-refractivity contribution in [3.63, 3.8) is 0 Å². The van der Waals surface area contributed by atoms with Crippen molar-refractivity contribution in [3.8, 4) is 0 Å². The quantitative estimate of drug-likeness (QED) is 0.612. The standard InChI is InChI=1S/C12H23N3O2/c1-2-15-5-3-4-9(8-15)14-12(17)11-6-10(16)7-13-11/h9-11,13,16H,2-8H2,1H3,(H,14,17)/t9-,10+,11-/m0/s1. The molecule has 3 N–H and O–H groups in total. The summed E-state index contributed by atoms with van der Waals surface area (Å²) in [6, 6.07) is 0.0674. The Morgan fingerprint density at radius 3 is 3.06 bits per heavy atom. The van der Waals surface area contributed by atoms with Gasteiger partial charge in [-0.1, -0.05) is 6.92 Å². The Kier molecular flexibility index (Phi) is 4.36. The minimum Gasteiger partial charge on any atom is -0.392 e. The van der Waals surface area contributed by atoms with E-state index in [0.29, 0.717) is 13.0 Å². The second-order valence-electron chi connectivity index (χ2n) is 5.09. The number of carbonyl (C=O) groups excluding carboxylic acids is 1. The van der Waals surface area contributed by atoms with Crippen LogP contribution in [-0.4, -0.2) is 60.3 Å². The van der Waals surface area contributed by atoms with Crippen LogP contribution in [-0.2, 0) is 4.79 Å². The Bertz CT molecular complexity index is 272. The van der Waals surface area contributed by atoms with Gasteiger partial charge in [0, 0.05) is 19.1 Å². The number of likely N-dealkylation sites (N-methyl/N-ethyl adjacent to an activating group) is 1. The van der Waals surface area contributed by atoms with E-state index in [0.717, 1.165) is 32.5 Å². The van der Waals surface area contributed by atoms with E-state index >= 15 is 0 Å². The van der Waals surface area contributed by atoms with Gasteiger partial charge >= 0.3 is 0 Å². The molecule has 98 valence electrons. The molecule has 0 aromatic rings. The first-order chi connectivity index (χ1) is 8.19. The highest BCUT2D eigenvalue weighted by Gasteiger charge is 2.30. The van der Waals surface area contributed by atoms with Gasteiger partial charge in [-0.15, -0.1) is 0 Å². The van der Waals surface area contributed by atoms with Gasteiger partial charge in [-0.3, -0.25) is 4.79 Å². The van der Waals surface area contributed by atoms with Gasteiger partial charge in [0.1, 0.15) is 0 Å². The van der Waals surface area contributed by atoms with Gasteiger partial charge in [-0.2, -0.15) is 0 Å². The van der Waals surface area contributed by atoms with Crippen molar-refractivity contribution in [1.29, 1.82) is 0 Å². The first-order valence-corrected chi connectivity index (χ1v) is 6.63. The van der Waals surface area contributed by atoms with Crippen molar-refractivity contribution in [3.05, 3.63) is 0 Å². The predicted octanol–water partition coefficient (Wildman–Crippen LogP) is -0.690. The molecule has 0 saturated carbocycles. The molecular formula is C12H23N3O2. The zero-order chi connectivity index (χ0) is 12.3. The molecule has 0 spiro atoms. The van der Waals surface area contributed by atoms with E-state index in [1.807, 2.05) is 0 Å². The lowest BCUT2D eigenvalue weighted by Gasteiger charge is -2.32. The van der Waals surface area contributed by atoms with E-state index in [1.54, 1.807) is 0 Å². The van der Waals surface area contributed by atoms with Crippen LogP contribution >= 0.6 is 0 Å². The maximum Gasteiger partial charge on any atom is 0.237 e. The third-order valence-corrected chi connectivity index (χ3v) is 3.72. The third-order valence-electron chi connectivity index (χ3n) is 3.72. The van der Waals surface area contributed by atoms with Crippen molar-refractivity contribution in [2.24, 2.45) is 0 Å². The smallest absolute Gasteiger partial charge is 0.237 e. The molecule has 2 saturated heterocycles. The Morgan fingerprint density at radius 2 is 2.41 bits per heavy atom. The topological polar surface area (TPSA) is 64.6 Å². The van der Waals surface area contributed by atoms with Crippen LogP contribution in [0.1, 0.15) is 26.2 Å². The molecule has 0 aromatic heterocycles. The van der Waals surface area contributed by atoms with Crippen LogP contribution < -0.4 is 10.6 Å². The van der Waals surface area contributed by atoms with Crippen molar-refractivity contribution in [1.82, 2.24) is 15.5 Å². The van der Waals surface area contributed by atoms with Crippen molar-refractivity contribution < 1.29 is 9.90 Å². The van der Waals surface area contributed by atoms with Crippen LogP contribution in [0, 0.1) is 0 Å². The number of nitrogens with one attached hydrogen (secondary N) is 2. The second kappa shape index (κ2) is 5.80. The number of piperidine rings is 1. The number of carbonyl (C=O) groups is 1. The van der Waals surface area contributed by atoms with Crippen LogP contribution in [0.4, 0.5) is 0 Å². The maximum atomic E-state index is 12.0. The van der Waals surface area contributed by atoms with Crippen LogP contribution in [0.5, 0.6) is 0 Å². The Morgan fingerprint density at radius 1 is 1.59 bits per heavy atom. The van der Waals surface area contributed by atoms with Gasteiger partial charge in [-0.25, -0.2) is 0 Å². The first kappa shape index (κ1) is 12.8. The van der Waals surface area contributed by atoms with Gasteiger partial charge in [0.15, 0.2) is 0 Å². The SMILES string of the molecule is CCN1CCC[C@H](NC(=O)[C@@H]2C[C@@H](O)CN2)C1. The van der Waals surface area contributed by atoms with E-state index in [-0.39, 0.29) is 24.1 Å². The van der Waals surface area contributed by atoms with E-state index in [2.05, 4.69) is 22.5 Å². The molecule has 3 atom stereocenters. The van der Waals surface area contributed by atoms with Crippen LogP contribution in [0.25, 0.3) is 0 Å². The molecule has 2 heterocycles. The highest BCUT2D eigenvalue weighted by molar-refractivity contribution is 5.82. The fourth-order valence-corrected chi connectivity index (χ4v) is 2.68. The molecule has 5 nitrogen and oxygen atoms in total. The number of hydrogen-bond acceptors (Lipinski definition) is 4. The number of β-amino-alcohol motifs (C(OH)–C–C–N with tert-alkyl or cyclic N) is 1. The summed E-state index contributed by atoms with van der Waals surface area (Å²) in [7, 11) is 0. The molecule has 0 unspecified atom stereocenters. The number of aliphatic hydroxyl groups is 1. The van der Waals surface area contributed by atoms with Gasteiger partial charge in [0.2, 0.25) is 5.91 Å². The predicted molar refractivity (Wildman–Crippen MR) is 65.7 cm³/mol.